The van der Waals surface area contributed by atoms with Crippen LogP contribution < -0.4 is 5.32 Å². The maximum Gasteiger partial charge on any atom is 0.323 e. The molecule has 1 fully saturated rings. The third kappa shape index (κ3) is 3.64. The number of carbonyl (C=O) groups is 1. The number of carbonyl (C=O) groups excluding carboxylic acids is 1. The number of aliphatic hydroxyl groups is 1. The minimum absolute atomic E-state index is 0.224. The molecule has 0 spiro atoms. The minimum atomic E-state index is -0.400. The normalized spacial score (nSPS) is 26.4. The standard InChI is InChI=1S/C10H19NO3/c1-2-3-4-5-14-10(13)9-6-8(12)7-11-9/h8-9,11-12H,2-7H2,1H3/t8-,9+/m1/s1. The number of β-amino-alcohol motifs (C(OH)–C–C–N with tert-alkyl or cyclic N) is 1. The van der Waals surface area contributed by atoms with Crippen LogP contribution in [0.5, 0.6) is 0 Å². The molecule has 2 atom stereocenters. The van der Waals surface area contributed by atoms with E-state index in [0.717, 1.165) is 19.3 Å². The molecule has 4 nitrogen and oxygen atoms in total. The van der Waals surface area contributed by atoms with Crippen molar-refractivity contribution in [3.8, 4) is 0 Å². The van der Waals surface area contributed by atoms with E-state index >= 15 is 0 Å². The highest BCUT2D eigenvalue weighted by atomic mass is 16.5. The summed E-state index contributed by atoms with van der Waals surface area (Å²) in [5.74, 6) is -0.224. The molecule has 0 amide bonds. The van der Waals surface area contributed by atoms with Gasteiger partial charge in [-0.3, -0.25) is 4.79 Å². The van der Waals surface area contributed by atoms with Gasteiger partial charge in [0.15, 0.2) is 0 Å². The monoisotopic (exact) mass is 201 g/mol. The Labute approximate surface area is 84.6 Å². The zero-order valence-corrected chi connectivity index (χ0v) is 8.66. The minimum Gasteiger partial charge on any atom is -0.465 e. The van der Waals surface area contributed by atoms with E-state index in [9.17, 15) is 9.90 Å². The molecule has 1 rings (SSSR count). The Morgan fingerprint density at radius 2 is 2.36 bits per heavy atom. The molecule has 1 aliphatic heterocycles. The molecule has 2 N–H and O–H groups in total. The highest BCUT2D eigenvalue weighted by Crippen LogP contribution is 2.08. The Kier molecular flexibility index (Phi) is 4.90. The molecule has 1 aliphatic rings. The second-order valence-corrected chi connectivity index (χ2v) is 3.72. The van der Waals surface area contributed by atoms with Gasteiger partial charge in [-0.2, -0.15) is 0 Å². The summed E-state index contributed by atoms with van der Waals surface area (Å²) in [4.78, 5) is 11.4. The van der Waals surface area contributed by atoms with Crippen molar-refractivity contribution in [3.05, 3.63) is 0 Å². The number of hydrogen-bond donors (Lipinski definition) is 2. The van der Waals surface area contributed by atoms with Gasteiger partial charge in [0.2, 0.25) is 0 Å². The lowest BCUT2D eigenvalue weighted by atomic mass is 10.2. The first kappa shape index (κ1) is 11.5. The molecule has 0 aliphatic carbocycles. The van der Waals surface area contributed by atoms with E-state index in [1.165, 1.54) is 0 Å². The van der Waals surface area contributed by atoms with Crippen molar-refractivity contribution in [2.75, 3.05) is 13.2 Å². The fourth-order valence-corrected chi connectivity index (χ4v) is 1.52. The summed E-state index contributed by atoms with van der Waals surface area (Å²) in [7, 11) is 0. The molecular weight excluding hydrogens is 182 g/mol. The topological polar surface area (TPSA) is 58.6 Å². The summed E-state index contributed by atoms with van der Waals surface area (Å²) >= 11 is 0. The molecular formula is C10H19NO3. The quantitative estimate of drug-likeness (QED) is 0.500. The van der Waals surface area contributed by atoms with Crippen LogP contribution >= 0.6 is 0 Å². The van der Waals surface area contributed by atoms with Crippen LogP contribution in [0, 0.1) is 0 Å². The molecule has 14 heavy (non-hydrogen) atoms. The number of aliphatic hydroxyl groups excluding tert-OH is 1. The summed E-state index contributed by atoms with van der Waals surface area (Å²) in [6.45, 7) is 3.10. The maximum atomic E-state index is 11.4. The van der Waals surface area contributed by atoms with E-state index in [1.54, 1.807) is 0 Å². The second-order valence-electron chi connectivity index (χ2n) is 3.72. The summed E-state index contributed by atoms with van der Waals surface area (Å²) < 4.78 is 5.06. The fraction of sp³-hybridized carbons (Fsp3) is 0.900. The zero-order valence-electron chi connectivity index (χ0n) is 8.66. The van der Waals surface area contributed by atoms with Gasteiger partial charge in [-0.1, -0.05) is 19.8 Å². The number of ether oxygens (including phenoxy) is 1. The van der Waals surface area contributed by atoms with Crippen LogP contribution in [0.25, 0.3) is 0 Å². The summed E-state index contributed by atoms with van der Waals surface area (Å²) in [5.41, 5.74) is 0. The number of unbranched alkanes of at least 4 members (excludes halogenated alkanes) is 2. The number of esters is 1. The Morgan fingerprint density at radius 3 is 2.93 bits per heavy atom. The van der Waals surface area contributed by atoms with Gasteiger partial charge in [-0.25, -0.2) is 0 Å². The lowest BCUT2D eigenvalue weighted by molar-refractivity contribution is -0.146. The van der Waals surface area contributed by atoms with Crippen molar-refractivity contribution in [1.82, 2.24) is 5.32 Å². The lowest BCUT2D eigenvalue weighted by Gasteiger charge is -2.09. The lowest BCUT2D eigenvalue weighted by Crippen LogP contribution is -2.32. The summed E-state index contributed by atoms with van der Waals surface area (Å²) in [5, 5.41) is 12.1. The average Bonchev–Trinajstić information content (AvgIpc) is 2.59. The van der Waals surface area contributed by atoms with Crippen LogP contribution in [0.3, 0.4) is 0 Å². The van der Waals surface area contributed by atoms with Gasteiger partial charge < -0.3 is 15.2 Å². The van der Waals surface area contributed by atoms with E-state index in [4.69, 9.17) is 4.74 Å². The Morgan fingerprint density at radius 1 is 1.57 bits per heavy atom. The predicted molar refractivity (Wildman–Crippen MR) is 52.9 cm³/mol. The van der Waals surface area contributed by atoms with Crippen LogP contribution in [-0.2, 0) is 9.53 Å². The average molecular weight is 201 g/mol. The van der Waals surface area contributed by atoms with E-state index in [0.29, 0.717) is 19.6 Å². The van der Waals surface area contributed by atoms with Crippen molar-refractivity contribution in [2.45, 2.75) is 44.8 Å². The number of hydrogen-bond acceptors (Lipinski definition) is 4. The molecule has 0 bridgehead atoms. The molecule has 0 aromatic heterocycles. The molecule has 1 heterocycles. The van der Waals surface area contributed by atoms with Gasteiger partial charge in [0.1, 0.15) is 6.04 Å². The smallest absolute Gasteiger partial charge is 0.323 e. The molecule has 0 unspecified atom stereocenters. The summed E-state index contributed by atoms with van der Waals surface area (Å²) in [6.07, 6.45) is 3.22. The van der Waals surface area contributed by atoms with Crippen LogP contribution in [0.1, 0.15) is 32.6 Å². The van der Waals surface area contributed by atoms with Crippen molar-refractivity contribution in [2.24, 2.45) is 0 Å². The van der Waals surface area contributed by atoms with Gasteiger partial charge in [0.05, 0.1) is 12.7 Å². The van der Waals surface area contributed by atoms with Crippen LogP contribution in [-0.4, -0.2) is 36.4 Å². The molecule has 82 valence electrons. The largest absolute Gasteiger partial charge is 0.465 e. The van der Waals surface area contributed by atoms with Crippen molar-refractivity contribution in [1.29, 1.82) is 0 Å². The number of rotatable bonds is 5. The Bertz CT molecular complexity index is 184. The first-order valence-electron chi connectivity index (χ1n) is 5.32. The third-order valence-corrected chi connectivity index (χ3v) is 2.38. The Balaban J connectivity index is 2.09. The van der Waals surface area contributed by atoms with E-state index in [-0.39, 0.29) is 12.0 Å². The van der Waals surface area contributed by atoms with Gasteiger partial charge in [0, 0.05) is 13.0 Å². The highest BCUT2D eigenvalue weighted by molar-refractivity contribution is 5.76. The maximum absolute atomic E-state index is 11.4. The van der Waals surface area contributed by atoms with Gasteiger partial charge >= 0.3 is 5.97 Å². The van der Waals surface area contributed by atoms with Gasteiger partial charge in [-0.05, 0) is 6.42 Å². The van der Waals surface area contributed by atoms with Crippen LogP contribution in [0.4, 0.5) is 0 Å². The van der Waals surface area contributed by atoms with E-state index in [2.05, 4.69) is 12.2 Å². The molecule has 0 radical (unpaired) electrons. The summed E-state index contributed by atoms with van der Waals surface area (Å²) in [6, 6.07) is -0.299. The van der Waals surface area contributed by atoms with E-state index < -0.39 is 6.10 Å². The second kappa shape index (κ2) is 5.98. The molecule has 1 saturated heterocycles. The van der Waals surface area contributed by atoms with E-state index in [1.807, 2.05) is 0 Å². The molecule has 4 heteroatoms. The fourth-order valence-electron chi connectivity index (χ4n) is 1.52. The Hall–Kier alpha value is -0.610. The van der Waals surface area contributed by atoms with Gasteiger partial charge in [-0.15, -0.1) is 0 Å². The van der Waals surface area contributed by atoms with Crippen LogP contribution in [0.2, 0.25) is 0 Å². The third-order valence-electron chi connectivity index (χ3n) is 2.38. The zero-order chi connectivity index (χ0) is 10.4. The van der Waals surface area contributed by atoms with Gasteiger partial charge in [0.25, 0.3) is 0 Å². The van der Waals surface area contributed by atoms with Crippen molar-refractivity contribution >= 4 is 5.97 Å². The predicted octanol–water partition coefficient (Wildman–Crippen LogP) is 0.443. The molecule has 0 aromatic carbocycles. The molecule has 0 saturated carbocycles. The SMILES string of the molecule is CCCCCOC(=O)[C@@H]1C[C@@H](O)CN1. The highest BCUT2D eigenvalue weighted by Gasteiger charge is 2.28. The van der Waals surface area contributed by atoms with Crippen molar-refractivity contribution in [3.63, 3.8) is 0 Å². The molecule has 0 aromatic rings. The first-order valence-corrected chi connectivity index (χ1v) is 5.32. The van der Waals surface area contributed by atoms with Crippen molar-refractivity contribution < 1.29 is 14.6 Å². The number of nitrogens with one attached hydrogen (secondary N) is 1. The first-order chi connectivity index (χ1) is 6.74. The van der Waals surface area contributed by atoms with Crippen LogP contribution in [0.15, 0.2) is 0 Å².